The van der Waals surface area contributed by atoms with E-state index < -0.39 is 5.97 Å². The number of carbonyl (C=O) groups is 2. The summed E-state index contributed by atoms with van der Waals surface area (Å²) in [5.74, 6) is -0.424. The Labute approximate surface area is 340 Å². The first-order valence-electron chi connectivity index (χ1n) is 24.0. The summed E-state index contributed by atoms with van der Waals surface area (Å²) in [6, 6.07) is 0. The number of rotatable bonds is 43. The Bertz CT molecular complexity index is 943. The van der Waals surface area contributed by atoms with E-state index in [1.165, 1.54) is 148 Å². The van der Waals surface area contributed by atoms with Gasteiger partial charge in [-0.3, -0.25) is 14.3 Å². The highest BCUT2D eigenvalue weighted by Crippen LogP contribution is 2.30. The average molecular weight is 775 g/mol. The maximum absolute atomic E-state index is 12.5. The van der Waals surface area contributed by atoms with E-state index in [1.54, 1.807) is 6.20 Å². The van der Waals surface area contributed by atoms with Crippen molar-refractivity contribution < 1.29 is 19.4 Å². The smallest absolute Gasteiger partial charge is 0.306 e. The van der Waals surface area contributed by atoms with Crippen LogP contribution in [0.15, 0.2) is 12.4 Å². The van der Waals surface area contributed by atoms with Gasteiger partial charge in [0.25, 0.3) is 0 Å². The summed E-state index contributed by atoms with van der Waals surface area (Å²) in [7, 11) is 0. The number of carbonyl (C=O) groups excluding carboxylic acids is 1. The summed E-state index contributed by atoms with van der Waals surface area (Å²) in [5.41, 5.74) is 0. The molecule has 1 unspecified atom stereocenters. The lowest BCUT2D eigenvalue weighted by Crippen LogP contribution is -2.28. The molecule has 0 aromatic carbocycles. The van der Waals surface area contributed by atoms with E-state index in [0.29, 0.717) is 18.9 Å². The highest BCUT2D eigenvalue weighted by molar-refractivity contribution is 5.70. The molecule has 0 radical (unpaired) electrons. The molecule has 0 aliphatic heterocycles. The van der Waals surface area contributed by atoms with Crippen molar-refractivity contribution in [2.24, 2.45) is 11.8 Å². The van der Waals surface area contributed by atoms with Crippen LogP contribution in [0.4, 0.5) is 0 Å². The van der Waals surface area contributed by atoms with Gasteiger partial charge in [-0.15, -0.1) is 5.10 Å². The molecule has 1 aromatic rings. The number of carboxylic acids is 1. The molecule has 8 heteroatoms. The highest BCUT2D eigenvalue weighted by atomic mass is 16.5. The summed E-state index contributed by atoms with van der Waals surface area (Å²) >= 11 is 0. The Morgan fingerprint density at radius 2 is 1.04 bits per heavy atom. The SMILES string of the molecule is CCCCCCCCCOC(=O)CCCCCCCN(CCCCCCC(C(=O)O)C(CCCCCCCC)CCCCCCCC)CCCn1ccnn1. The van der Waals surface area contributed by atoms with Gasteiger partial charge in [0.1, 0.15) is 0 Å². The lowest BCUT2D eigenvalue weighted by molar-refractivity contribution is -0.145. The number of aromatic nitrogens is 3. The van der Waals surface area contributed by atoms with Crippen LogP contribution in [-0.2, 0) is 20.9 Å². The minimum Gasteiger partial charge on any atom is -0.481 e. The Balaban J connectivity index is 2.39. The summed E-state index contributed by atoms with van der Waals surface area (Å²) < 4.78 is 7.38. The van der Waals surface area contributed by atoms with Gasteiger partial charge in [-0.2, -0.15) is 0 Å². The van der Waals surface area contributed by atoms with Crippen molar-refractivity contribution >= 4 is 11.9 Å². The van der Waals surface area contributed by atoms with E-state index in [0.717, 1.165) is 84.0 Å². The zero-order valence-electron chi connectivity index (χ0n) is 36.6. The number of hydrogen-bond donors (Lipinski definition) is 1. The van der Waals surface area contributed by atoms with Crippen LogP contribution in [-0.4, -0.2) is 63.2 Å². The third-order valence-corrected chi connectivity index (χ3v) is 11.7. The van der Waals surface area contributed by atoms with Gasteiger partial charge in [0.05, 0.1) is 18.7 Å². The van der Waals surface area contributed by atoms with Gasteiger partial charge >= 0.3 is 11.9 Å². The van der Waals surface area contributed by atoms with E-state index in [4.69, 9.17) is 4.74 Å². The number of esters is 1. The predicted molar refractivity (Wildman–Crippen MR) is 231 cm³/mol. The highest BCUT2D eigenvalue weighted by Gasteiger charge is 2.27. The fourth-order valence-corrected chi connectivity index (χ4v) is 8.13. The van der Waals surface area contributed by atoms with Crippen molar-refractivity contribution in [3.05, 3.63) is 12.4 Å². The number of aryl methyl sites for hydroxylation is 1. The number of aliphatic carboxylic acids is 1. The molecule has 1 atom stereocenters. The first-order valence-corrected chi connectivity index (χ1v) is 24.0. The van der Waals surface area contributed by atoms with E-state index in [1.807, 2.05) is 10.9 Å². The number of carboxylic acid groups (broad SMARTS) is 1. The quantitative estimate of drug-likeness (QED) is 0.0521. The number of nitrogens with zero attached hydrogens (tertiary/aromatic N) is 4. The molecule has 0 saturated carbocycles. The normalized spacial score (nSPS) is 12.2. The molecule has 1 N–H and O–H groups in total. The molecular formula is C47H90N4O4. The minimum absolute atomic E-state index is 0.0239. The van der Waals surface area contributed by atoms with Crippen LogP contribution in [0, 0.1) is 11.8 Å². The summed E-state index contributed by atoms with van der Waals surface area (Å²) in [5, 5.41) is 18.4. The van der Waals surface area contributed by atoms with Crippen LogP contribution in [0.2, 0.25) is 0 Å². The van der Waals surface area contributed by atoms with Crippen LogP contribution in [0.5, 0.6) is 0 Å². The molecule has 1 aromatic heterocycles. The maximum Gasteiger partial charge on any atom is 0.306 e. The lowest BCUT2D eigenvalue weighted by Gasteiger charge is -2.25. The largest absolute Gasteiger partial charge is 0.481 e. The second kappa shape index (κ2) is 38.9. The zero-order chi connectivity index (χ0) is 39.9. The van der Waals surface area contributed by atoms with Gasteiger partial charge in [0, 0.05) is 19.2 Å². The molecule has 322 valence electrons. The second-order valence-corrected chi connectivity index (χ2v) is 16.7. The van der Waals surface area contributed by atoms with Crippen molar-refractivity contribution in [2.45, 2.75) is 239 Å². The Hall–Kier alpha value is -1.96. The molecule has 55 heavy (non-hydrogen) atoms. The maximum atomic E-state index is 12.5. The van der Waals surface area contributed by atoms with Gasteiger partial charge in [0.15, 0.2) is 0 Å². The van der Waals surface area contributed by atoms with E-state index in [-0.39, 0.29) is 11.9 Å². The van der Waals surface area contributed by atoms with Crippen molar-refractivity contribution in [3.63, 3.8) is 0 Å². The van der Waals surface area contributed by atoms with E-state index >= 15 is 0 Å². The standard InChI is InChI=1S/C47H90N4O4/c1-4-7-10-13-16-24-31-43-55-46(52)36-28-20-17-22-29-38-50(40-32-41-51-42-37-48-49-51)39-30-23-21-27-35-45(47(53)54)44(33-25-18-14-11-8-5-2)34-26-19-15-12-9-6-3/h37,42,44-45H,4-36,38-41,43H2,1-3H3,(H,53,54). The second-order valence-electron chi connectivity index (χ2n) is 16.7. The third kappa shape index (κ3) is 31.8. The first-order chi connectivity index (χ1) is 27.0. The molecule has 1 rings (SSSR count). The number of hydrogen-bond acceptors (Lipinski definition) is 6. The molecular weight excluding hydrogens is 685 g/mol. The lowest BCUT2D eigenvalue weighted by atomic mass is 9.80. The predicted octanol–water partition coefficient (Wildman–Crippen LogP) is 13.4. The van der Waals surface area contributed by atoms with Crippen molar-refractivity contribution in [1.29, 1.82) is 0 Å². The van der Waals surface area contributed by atoms with Gasteiger partial charge < -0.3 is 14.7 Å². The monoisotopic (exact) mass is 775 g/mol. The Morgan fingerprint density at radius 1 is 0.582 bits per heavy atom. The number of unbranched alkanes of at least 4 members (excludes halogenated alkanes) is 23. The fraction of sp³-hybridized carbons (Fsp3) is 0.915. The summed E-state index contributed by atoms with van der Waals surface area (Å²) in [6.07, 6.45) is 42.3. The van der Waals surface area contributed by atoms with Crippen molar-refractivity contribution in [2.75, 3.05) is 26.2 Å². The molecule has 0 bridgehead atoms. The van der Waals surface area contributed by atoms with Crippen LogP contribution < -0.4 is 0 Å². The van der Waals surface area contributed by atoms with Gasteiger partial charge in [-0.1, -0.05) is 180 Å². The van der Waals surface area contributed by atoms with Gasteiger partial charge in [0.2, 0.25) is 0 Å². The Kier molecular flexibility index (Phi) is 36.1. The van der Waals surface area contributed by atoms with Crippen molar-refractivity contribution in [3.8, 4) is 0 Å². The topological polar surface area (TPSA) is 97.6 Å². The van der Waals surface area contributed by atoms with Crippen molar-refractivity contribution in [1.82, 2.24) is 19.9 Å². The van der Waals surface area contributed by atoms with Crippen LogP contribution in [0.3, 0.4) is 0 Å². The van der Waals surface area contributed by atoms with Crippen LogP contribution >= 0.6 is 0 Å². The van der Waals surface area contributed by atoms with Gasteiger partial charge in [-0.25, -0.2) is 0 Å². The molecule has 0 aliphatic carbocycles. The Morgan fingerprint density at radius 3 is 1.55 bits per heavy atom. The average Bonchev–Trinajstić information content (AvgIpc) is 3.70. The van der Waals surface area contributed by atoms with E-state index in [2.05, 4.69) is 36.0 Å². The van der Waals surface area contributed by atoms with E-state index in [9.17, 15) is 14.7 Å². The third-order valence-electron chi connectivity index (χ3n) is 11.7. The molecule has 0 amide bonds. The van der Waals surface area contributed by atoms with Gasteiger partial charge in [-0.05, 0) is 76.9 Å². The molecule has 0 saturated heterocycles. The molecule has 0 spiro atoms. The summed E-state index contributed by atoms with van der Waals surface area (Å²) in [6.45, 7) is 11.5. The number of ether oxygens (including phenoxy) is 1. The zero-order valence-corrected chi connectivity index (χ0v) is 36.6. The molecule has 1 heterocycles. The molecule has 0 aliphatic rings. The van der Waals surface area contributed by atoms with Crippen LogP contribution in [0.1, 0.15) is 233 Å². The molecule has 0 fully saturated rings. The first kappa shape index (κ1) is 51.1. The molecule has 8 nitrogen and oxygen atoms in total. The summed E-state index contributed by atoms with van der Waals surface area (Å²) in [4.78, 5) is 27.3. The van der Waals surface area contributed by atoms with Crippen LogP contribution in [0.25, 0.3) is 0 Å². The minimum atomic E-state index is -0.556. The fourth-order valence-electron chi connectivity index (χ4n) is 8.13.